The van der Waals surface area contributed by atoms with Crippen LogP contribution in [0.2, 0.25) is 10.3 Å². The van der Waals surface area contributed by atoms with Gasteiger partial charge in [-0.25, -0.2) is 19.6 Å². The van der Waals surface area contributed by atoms with Crippen molar-refractivity contribution in [3.63, 3.8) is 0 Å². The largest absolute Gasteiger partial charge is 0.494 e. The Balaban J connectivity index is 0.000000248. The number of ether oxygens (including phenoxy) is 2. The van der Waals surface area contributed by atoms with E-state index in [0.717, 1.165) is 22.0 Å². The maximum absolute atomic E-state index is 11.4. The maximum Gasteiger partial charge on any atom is 0.358 e. The molecule has 0 aliphatic rings. The number of aromatic carboxylic acids is 2. The zero-order valence-electron chi connectivity index (χ0n) is 32.2. The van der Waals surface area contributed by atoms with Gasteiger partial charge in [0.15, 0.2) is 44.8 Å². The predicted octanol–water partition coefficient (Wildman–Crippen LogP) is 4.75. The van der Waals surface area contributed by atoms with Crippen LogP contribution in [0.15, 0.2) is 61.2 Å². The Kier molecular flexibility index (Phi) is 9.88. The van der Waals surface area contributed by atoms with Crippen LogP contribution in [-0.4, -0.2) is 86.3 Å². The van der Waals surface area contributed by atoms with E-state index in [1.807, 2.05) is 0 Å². The molecule has 0 atom stereocenters. The van der Waals surface area contributed by atoms with Crippen LogP contribution in [0.3, 0.4) is 0 Å². The standard InChI is InChI=1S/2C15H13ClN6O3.Zn/c2*1-22-7-17-14(21-22)8-4-3-5-9(13(8)25-2)18-10-6-11(16)19-20-12(10)15(23)24;/h2*3-7H,1-2H3,(H,18,19)(H,23,24);/i2*1D3;. The smallest absolute Gasteiger partial charge is 0.358 e. The SMILES string of the molecule is [2H]C([2H])([2H])n1cnc(-c2cccc(Nc3cc(Cl)nnc3C(=O)O)c2OC)n1.[2H]C([2H])([2H])n1cnc(-c2cccc(Nc3cc(Cl)nnc3C(=O)O)c2OC)n1.[Zn]. The second kappa shape index (κ2) is 16.8. The molecule has 6 rings (SSSR count). The van der Waals surface area contributed by atoms with Crippen molar-refractivity contribution >= 4 is 57.9 Å². The summed E-state index contributed by atoms with van der Waals surface area (Å²) >= 11 is 11.6. The summed E-state index contributed by atoms with van der Waals surface area (Å²) in [5, 5.41) is 46.5. The summed E-state index contributed by atoms with van der Waals surface area (Å²) < 4.78 is 56.7. The van der Waals surface area contributed by atoms with Gasteiger partial charge in [0.25, 0.3) is 0 Å². The molecule has 4 N–H and O–H groups in total. The number of anilines is 4. The van der Waals surface area contributed by atoms with Crippen molar-refractivity contribution < 1.29 is 57.0 Å². The molecular weight excluding hydrogens is 761 g/mol. The number of hydrogen-bond acceptors (Lipinski definition) is 14. The summed E-state index contributed by atoms with van der Waals surface area (Å²) in [6.45, 7) is -4.94. The molecule has 0 bridgehead atoms. The van der Waals surface area contributed by atoms with Crippen LogP contribution in [0.25, 0.3) is 22.8 Å². The van der Waals surface area contributed by atoms with Gasteiger partial charge >= 0.3 is 11.9 Å². The second-order valence-corrected chi connectivity index (χ2v) is 10.3. The number of halogens is 2. The van der Waals surface area contributed by atoms with Crippen molar-refractivity contribution in [3.05, 3.63) is 82.9 Å². The fraction of sp³-hybridized carbons (Fsp3) is 0.133. The summed E-state index contributed by atoms with van der Waals surface area (Å²) in [6, 6.07) is 12.4. The van der Waals surface area contributed by atoms with Gasteiger partial charge in [-0.1, -0.05) is 35.3 Å². The number of para-hydroxylation sites is 2. The van der Waals surface area contributed by atoms with Gasteiger partial charge in [-0.15, -0.1) is 20.4 Å². The number of nitrogens with zero attached hydrogens (tertiary/aromatic N) is 10. The molecule has 0 amide bonds. The number of aromatic nitrogens is 10. The van der Waals surface area contributed by atoms with Gasteiger partial charge < -0.3 is 30.3 Å². The molecule has 4 aromatic heterocycles. The van der Waals surface area contributed by atoms with Gasteiger partial charge in [-0.3, -0.25) is 9.36 Å². The van der Waals surface area contributed by atoms with Crippen LogP contribution in [0.1, 0.15) is 29.2 Å². The van der Waals surface area contributed by atoms with Crippen molar-refractivity contribution in [3.8, 4) is 34.3 Å². The summed E-state index contributed by atoms with van der Waals surface area (Å²) in [5.41, 5.74) is 1.09. The van der Waals surface area contributed by atoms with Crippen molar-refractivity contribution in [1.29, 1.82) is 0 Å². The normalized spacial score (nSPS) is 12.5. The molecule has 0 saturated carbocycles. The molecule has 21 heteroatoms. The van der Waals surface area contributed by atoms with Crippen LogP contribution < -0.4 is 20.1 Å². The third kappa shape index (κ3) is 8.88. The molecule has 4 heterocycles. The number of hydrogen-bond donors (Lipinski definition) is 4. The Hall–Kier alpha value is -5.78. The molecular formula is C30H26Cl2N12O6Zn. The molecule has 18 nitrogen and oxygen atoms in total. The molecule has 6 aromatic rings. The van der Waals surface area contributed by atoms with Crippen molar-refractivity contribution in [1.82, 2.24) is 49.9 Å². The Morgan fingerprint density at radius 1 is 0.706 bits per heavy atom. The average Bonchev–Trinajstić information content (AvgIpc) is 3.83. The predicted molar refractivity (Wildman–Crippen MR) is 181 cm³/mol. The minimum absolute atomic E-state index is 0. The van der Waals surface area contributed by atoms with E-state index < -0.39 is 25.9 Å². The number of benzene rings is 2. The van der Waals surface area contributed by atoms with E-state index in [0.29, 0.717) is 22.5 Å². The second-order valence-electron chi connectivity index (χ2n) is 9.52. The first-order valence-corrected chi connectivity index (χ1v) is 14.4. The fourth-order valence-corrected chi connectivity index (χ4v) is 4.66. The van der Waals surface area contributed by atoms with E-state index in [9.17, 15) is 19.8 Å². The summed E-state index contributed by atoms with van der Waals surface area (Å²) in [6.07, 6.45) is 2.19. The molecule has 0 aliphatic heterocycles. The summed E-state index contributed by atoms with van der Waals surface area (Å²) in [4.78, 5) is 30.8. The van der Waals surface area contributed by atoms with E-state index in [-0.39, 0.29) is 75.7 Å². The molecule has 0 saturated heterocycles. The first-order valence-electron chi connectivity index (χ1n) is 16.7. The summed E-state index contributed by atoms with van der Waals surface area (Å²) in [5.74, 6) is -1.79. The fourth-order valence-electron chi connectivity index (χ4n) is 4.37. The van der Waals surface area contributed by atoms with Gasteiger partial charge in [0.2, 0.25) is 0 Å². The van der Waals surface area contributed by atoms with E-state index in [4.69, 9.17) is 40.9 Å². The average molecular weight is 793 g/mol. The maximum atomic E-state index is 11.4. The van der Waals surface area contributed by atoms with E-state index in [1.165, 1.54) is 26.4 Å². The molecule has 0 unspecified atom stereocenters. The molecule has 0 spiro atoms. The number of carboxylic acid groups (broad SMARTS) is 2. The van der Waals surface area contributed by atoms with Gasteiger partial charge in [0.1, 0.15) is 12.7 Å². The van der Waals surface area contributed by atoms with Crippen molar-refractivity contribution in [2.24, 2.45) is 14.0 Å². The minimum Gasteiger partial charge on any atom is -0.494 e. The van der Waals surface area contributed by atoms with Crippen molar-refractivity contribution in [2.45, 2.75) is 0 Å². The number of nitrogens with one attached hydrogen (secondary N) is 2. The quantitative estimate of drug-likeness (QED) is 0.137. The third-order valence-corrected chi connectivity index (χ3v) is 6.75. The van der Waals surface area contributed by atoms with E-state index in [1.54, 1.807) is 36.4 Å². The van der Waals surface area contributed by atoms with Crippen LogP contribution >= 0.6 is 23.2 Å². The first-order chi connectivity index (χ1) is 26.4. The summed E-state index contributed by atoms with van der Waals surface area (Å²) in [7, 11) is 2.81. The first kappa shape index (κ1) is 30.1. The number of carbonyl (C=O) groups is 2. The van der Waals surface area contributed by atoms with Crippen LogP contribution in [0.5, 0.6) is 11.5 Å². The van der Waals surface area contributed by atoms with Crippen LogP contribution in [-0.2, 0) is 33.4 Å². The Morgan fingerprint density at radius 3 is 1.45 bits per heavy atom. The molecule has 0 fully saturated rings. The number of aryl methyl sites for hydroxylation is 2. The zero-order valence-corrected chi connectivity index (χ0v) is 30.7. The molecule has 0 aliphatic carbocycles. The van der Waals surface area contributed by atoms with Gasteiger partial charge in [0, 0.05) is 53.8 Å². The van der Waals surface area contributed by atoms with Crippen LogP contribution in [0.4, 0.5) is 22.7 Å². The Morgan fingerprint density at radius 2 is 1.12 bits per heavy atom. The zero-order chi connectivity index (χ0) is 40.9. The Labute approximate surface area is 320 Å². The number of carboxylic acids is 2. The van der Waals surface area contributed by atoms with E-state index >= 15 is 0 Å². The molecule has 0 radical (unpaired) electrons. The number of rotatable bonds is 10. The topological polar surface area (TPSA) is 230 Å². The van der Waals surface area contributed by atoms with Gasteiger partial charge in [-0.2, -0.15) is 10.2 Å². The van der Waals surface area contributed by atoms with Gasteiger partial charge in [-0.05, 0) is 24.3 Å². The molecule has 51 heavy (non-hydrogen) atoms. The number of methoxy groups -OCH3 is 2. The van der Waals surface area contributed by atoms with Crippen LogP contribution in [0, 0.1) is 0 Å². The monoisotopic (exact) mass is 790 g/mol. The van der Waals surface area contributed by atoms with E-state index in [2.05, 4.69) is 51.2 Å². The Bertz CT molecular complexity index is 2250. The minimum atomic E-state index is -2.47. The van der Waals surface area contributed by atoms with Crippen molar-refractivity contribution in [2.75, 3.05) is 24.9 Å². The van der Waals surface area contributed by atoms with Gasteiger partial charge in [0.05, 0.1) is 48.1 Å². The molecule has 2 aromatic carbocycles. The third-order valence-electron chi connectivity index (χ3n) is 6.38. The molecule has 258 valence electrons.